The number of allylic oxidation sites excluding steroid dienone is 3. The van der Waals surface area contributed by atoms with Crippen molar-refractivity contribution in [2.24, 2.45) is 5.92 Å². The number of aliphatic hydroxyl groups excluding tert-OH is 7. The van der Waals surface area contributed by atoms with E-state index in [0.29, 0.717) is 12.0 Å². The van der Waals surface area contributed by atoms with E-state index >= 15 is 0 Å². The molecule has 2 fully saturated rings. The first kappa shape index (κ1) is 35.7. The van der Waals surface area contributed by atoms with E-state index in [-0.39, 0.29) is 23.3 Å². The third-order valence-corrected chi connectivity index (χ3v) is 9.17. The predicted molar refractivity (Wildman–Crippen MR) is 162 cm³/mol. The van der Waals surface area contributed by atoms with Crippen LogP contribution < -0.4 is 4.74 Å². The van der Waals surface area contributed by atoms with Crippen LogP contribution in [0.15, 0.2) is 35.9 Å². The van der Waals surface area contributed by atoms with E-state index in [2.05, 4.69) is 19.6 Å². The Kier molecular flexibility index (Phi) is 12.4. The third-order valence-electron chi connectivity index (χ3n) is 9.17. The molecular weight excluding hydrogens is 588 g/mol. The predicted octanol–water partition coefficient (Wildman–Crippen LogP) is 1.14. The molecule has 3 aliphatic rings. The fraction of sp³-hybridized carbons (Fsp3) is 0.697. The Balaban J connectivity index is 1.69. The lowest BCUT2D eigenvalue weighted by Gasteiger charge is -2.46. The van der Waals surface area contributed by atoms with Crippen LogP contribution in [0.1, 0.15) is 69.9 Å². The van der Waals surface area contributed by atoms with Gasteiger partial charge in [0.15, 0.2) is 6.29 Å². The average molecular weight is 639 g/mol. The molecule has 0 bridgehead atoms. The number of ether oxygens (including phenoxy) is 4. The third kappa shape index (κ3) is 7.90. The smallest absolute Gasteiger partial charge is 0.229 e. The molecule has 8 N–H and O–H groups in total. The van der Waals surface area contributed by atoms with Crippen molar-refractivity contribution >= 4 is 0 Å². The molecule has 12 atom stereocenters. The second-order valence-electron chi connectivity index (χ2n) is 12.6. The molecule has 2 heterocycles. The maximum atomic E-state index is 11.4. The van der Waals surface area contributed by atoms with Gasteiger partial charge in [0.2, 0.25) is 6.29 Å². The van der Waals surface area contributed by atoms with E-state index in [1.54, 1.807) is 12.1 Å². The number of phenols is 1. The zero-order valence-electron chi connectivity index (χ0n) is 26.2. The molecule has 1 aromatic rings. The summed E-state index contributed by atoms with van der Waals surface area (Å²) in [5, 5.41) is 84.3. The van der Waals surface area contributed by atoms with Crippen LogP contribution in [0.4, 0.5) is 0 Å². The number of phenolic OH excluding ortho intramolecular Hbond substituents is 1. The minimum atomic E-state index is -1.79. The number of hydrogen-bond acceptors (Lipinski definition) is 12. The van der Waals surface area contributed by atoms with Crippen molar-refractivity contribution in [3.8, 4) is 11.5 Å². The first-order valence-electron chi connectivity index (χ1n) is 15.8. The van der Waals surface area contributed by atoms with Crippen molar-refractivity contribution in [2.45, 2.75) is 127 Å². The number of aliphatic hydroxyl groups is 7. The van der Waals surface area contributed by atoms with E-state index in [0.717, 1.165) is 48.8 Å². The first-order valence-corrected chi connectivity index (χ1v) is 15.8. The summed E-state index contributed by atoms with van der Waals surface area (Å²) in [4.78, 5) is 0. The zero-order valence-corrected chi connectivity index (χ0v) is 26.2. The summed E-state index contributed by atoms with van der Waals surface area (Å²) in [5.74, 6) is 0.0169. The molecule has 0 radical (unpaired) electrons. The summed E-state index contributed by atoms with van der Waals surface area (Å²) in [6, 6.07) is 3.54. The molecule has 254 valence electrons. The normalized spacial score (nSPS) is 37.2. The summed E-state index contributed by atoms with van der Waals surface area (Å²) in [5.41, 5.74) is 3.42. The van der Waals surface area contributed by atoms with E-state index in [4.69, 9.17) is 18.9 Å². The summed E-state index contributed by atoms with van der Waals surface area (Å²) < 4.78 is 23.3. The second kappa shape index (κ2) is 15.7. The second-order valence-corrected chi connectivity index (χ2v) is 12.6. The fourth-order valence-electron chi connectivity index (χ4n) is 6.50. The summed E-state index contributed by atoms with van der Waals surface area (Å²) in [7, 11) is 0. The Morgan fingerprint density at radius 2 is 1.58 bits per heavy atom. The van der Waals surface area contributed by atoms with E-state index in [9.17, 15) is 40.9 Å². The Labute approximate surface area is 264 Å². The van der Waals surface area contributed by atoms with Crippen molar-refractivity contribution < 1.29 is 59.8 Å². The number of unbranched alkanes of at least 4 members (excludes halogenated alkanes) is 2. The highest BCUT2D eigenvalue weighted by Gasteiger charge is 2.51. The van der Waals surface area contributed by atoms with Gasteiger partial charge in [0.1, 0.15) is 60.3 Å². The van der Waals surface area contributed by atoms with E-state index in [1.807, 2.05) is 13.8 Å². The quantitative estimate of drug-likeness (QED) is 0.120. The number of aryl methyl sites for hydroxylation is 1. The Morgan fingerprint density at radius 3 is 2.22 bits per heavy atom. The highest BCUT2D eigenvalue weighted by molar-refractivity contribution is 5.52. The molecule has 45 heavy (non-hydrogen) atoms. The summed E-state index contributed by atoms with van der Waals surface area (Å²) in [6.45, 7) is 8.88. The largest absolute Gasteiger partial charge is 0.507 e. The van der Waals surface area contributed by atoms with Crippen LogP contribution in [0.2, 0.25) is 0 Å². The van der Waals surface area contributed by atoms with Gasteiger partial charge in [-0.05, 0) is 63.1 Å². The van der Waals surface area contributed by atoms with Gasteiger partial charge in [0.25, 0.3) is 0 Å². The SMILES string of the molecule is C=C(C)[C@@H]1CCC(C)=C[C@H]1c1c(O)cc(CCCCC)cc1O[C@@H]1O[C@H](CO)[C@@H](O)[C@H](O[C@H]2O[C@H](CO)[C@@H](O)[C@H](O)[C@H]2O)[C@H]1O. The van der Waals surface area contributed by atoms with Gasteiger partial charge in [-0.1, -0.05) is 43.6 Å². The number of rotatable bonds is 12. The van der Waals surface area contributed by atoms with Gasteiger partial charge < -0.3 is 59.8 Å². The van der Waals surface area contributed by atoms with Crippen LogP contribution >= 0.6 is 0 Å². The van der Waals surface area contributed by atoms with Crippen LogP contribution in [0.5, 0.6) is 11.5 Å². The van der Waals surface area contributed by atoms with Crippen molar-refractivity contribution in [1.82, 2.24) is 0 Å². The molecular formula is C33H50O12. The van der Waals surface area contributed by atoms with Crippen LogP contribution in [-0.2, 0) is 20.6 Å². The van der Waals surface area contributed by atoms with Crippen molar-refractivity contribution in [3.63, 3.8) is 0 Å². The van der Waals surface area contributed by atoms with Gasteiger partial charge in [-0.25, -0.2) is 0 Å². The topological polar surface area (TPSA) is 199 Å². The molecule has 4 rings (SSSR count). The molecule has 0 spiro atoms. The van der Waals surface area contributed by atoms with Crippen molar-refractivity contribution in [2.75, 3.05) is 13.2 Å². The molecule has 0 saturated carbocycles. The number of aromatic hydroxyl groups is 1. The highest BCUT2D eigenvalue weighted by Crippen LogP contribution is 2.47. The van der Waals surface area contributed by atoms with Crippen molar-refractivity contribution in [1.29, 1.82) is 0 Å². The van der Waals surface area contributed by atoms with Crippen LogP contribution in [0.25, 0.3) is 0 Å². The molecule has 0 aromatic heterocycles. The van der Waals surface area contributed by atoms with Gasteiger partial charge in [0, 0.05) is 11.5 Å². The van der Waals surface area contributed by atoms with Gasteiger partial charge in [-0.3, -0.25) is 0 Å². The monoisotopic (exact) mass is 638 g/mol. The molecule has 2 saturated heterocycles. The molecule has 1 aromatic carbocycles. The summed E-state index contributed by atoms with van der Waals surface area (Å²) >= 11 is 0. The van der Waals surface area contributed by atoms with E-state index in [1.165, 1.54) is 0 Å². The van der Waals surface area contributed by atoms with Gasteiger partial charge in [0.05, 0.1) is 13.2 Å². The molecule has 0 unspecified atom stereocenters. The number of hydrogen-bond donors (Lipinski definition) is 8. The molecule has 12 nitrogen and oxygen atoms in total. The lowest BCUT2D eigenvalue weighted by molar-refractivity contribution is -0.352. The van der Waals surface area contributed by atoms with Crippen LogP contribution in [0.3, 0.4) is 0 Å². The summed E-state index contributed by atoms with van der Waals surface area (Å²) in [6.07, 6.45) is -8.43. The Hall–Kier alpha value is -2.10. The average Bonchev–Trinajstić information content (AvgIpc) is 3.00. The maximum Gasteiger partial charge on any atom is 0.229 e. The Morgan fingerprint density at radius 1 is 0.911 bits per heavy atom. The van der Waals surface area contributed by atoms with Gasteiger partial charge in [-0.2, -0.15) is 0 Å². The Bertz CT molecular complexity index is 1170. The van der Waals surface area contributed by atoms with Crippen LogP contribution in [-0.4, -0.2) is 115 Å². The molecule has 2 aliphatic heterocycles. The van der Waals surface area contributed by atoms with Crippen molar-refractivity contribution in [3.05, 3.63) is 47.1 Å². The number of benzene rings is 1. The van der Waals surface area contributed by atoms with Crippen LogP contribution in [0, 0.1) is 5.92 Å². The van der Waals surface area contributed by atoms with E-state index < -0.39 is 74.6 Å². The van der Waals surface area contributed by atoms with Gasteiger partial charge in [-0.15, -0.1) is 0 Å². The highest BCUT2D eigenvalue weighted by atomic mass is 16.7. The lowest BCUT2D eigenvalue weighted by Crippen LogP contribution is -2.65. The lowest BCUT2D eigenvalue weighted by atomic mass is 9.73. The molecule has 1 aliphatic carbocycles. The maximum absolute atomic E-state index is 11.4. The molecule has 12 heteroatoms. The minimum absolute atomic E-state index is 0.0133. The standard InChI is InChI=1S/C33H50O12/c1-5-6-7-8-18-12-21(36)25(20-11-17(4)9-10-19(20)16(2)3)22(13-18)42-33-30(41)31(27(38)24(15-35)44-33)45-32-29(40)28(39)26(37)23(14-34)43-32/h11-13,19-20,23-24,26-41H,2,5-10,14-15H2,1,3-4H3/t19-,20+,23+,24+,26+,27+,28-,29+,30+,31-,32+,33+/m0/s1. The first-order chi connectivity index (χ1) is 21.4. The molecule has 0 amide bonds. The minimum Gasteiger partial charge on any atom is -0.507 e. The fourth-order valence-corrected chi connectivity index (χ4v) is 6.50. The zero-order chi connectivity index (χ0) is 33.0. The van der Waals surface area contributed by atoms with Gasteiger partial charge >= 0.3 is 0 Å².